The number of rotatable bonds is 8. The van der Waals surface area contributed by atoms with Gasteiger partial charge in [0.05, 0.1) is 0 Å². The molecule has 2 nitrogen and oxygen atoms in total. The molecule has 0 aromatic rings. The van der Waals surface area contributed by atoms with Gasteiger partial charge in [-0.15, -0.1) is 0 Å². The van der Waals surface area contributed by atoms with Gasteiger partial charge in [0.2, 0.25) is 0 Å². The van der Waals surface area contributed by atoms with Crippen LogP contribution in [0.1, 0.15) is 32.1 Å². The van der Waals surface area contributed by atoms with Crippen LogP contribution in [0.15, 0.2) is 0 Å². The lowest BCUT2D eigenvalue weighted by Crippen LogP contribution is -2.27. The first-order valence-electron chi connectivity index (χ1n) is 6.27. The fourth-order valence-corrected chi connectivity index (χ4v) is 2.43. The molecular weight excluding hydrogens is 172 g/mol. The molecule has 0 aromatic heterocycles. The van der Waals surface area contributed by atoms with Crippen molar-refractivity contribution in [1.82, 2.24) is 10.6 Å². The Bertz CT molecular complexity index is 150. The third kappa shape index (κ3) is 3.25. The van der Waals surface area contributed by atoms with Crippen LogP contribution in [0.25, 0.3) is 0 Å². The summed E-state index contributed by atoms with van der Waals surface area (Å²) in [5.41, 5.74) is 0. The standard InChI is InChI=1S/C12H24N2/c1-13-7-2-8-14-9-12(10-3-4-10)11-5-6-11/h10-14H,2-9H2,1H3. The summed E-state index contributed by atoms with van der Waals surface area (Å²) in [6.07, 6.45) is 7.32. The van der Waals surface area contributed by atoms with Crippen molar-refractivity contribution in [2.45, 2.75) is 32.1 Å². The summed E-state index contributed by atoms with van der Waals surface area (Å²) in [7, 11) is 2.02. The maximum atomic E-state index is 3.62. The van der Waals surface area contributed by atoms with Crippen LogP contribution in [-0.2, 0) is 0 Å². The van der Waals surface area contributed by atoms with Crippen molar-refractivity contribution in [3.8, 4) is 0 Å². The van der Waals surface area contributed by atoms with E-state index in [-0.39, 0.29) is 0 Å². The highest BCUT2D eigenvalue weighted by atomic mass is 14.9. The van der Waals surface area contributed by atoms with Gasteiger partial charge in [0.25, 0.3) is 0 Å². The SMILES string of the molecule is CNCCCNCC(C1CC1)C1CC1. The molecule has 0 heterocycles. The Balaban J connectivity index is 1.53. The van der Waals surface area contributed by atoms with Crippen molar-refractivity contribution < 1.29 is 0 Å². The fraction of sp³-hybridized carbons (Fsp3) is 1.00. The van der Waals surface area contributed by atoms with Crippen LogP contribution in [0.2, 0.25) is 0 Å². The second kappa shape index (κ2) is 5.13. The Hall–Kier alpha value is -0.0800. The van der Waals surface area contributed by atoms with Crippen molar-refractivity contribution in [2.75, 3.05) is 26.7 Å². The van der Waals surface area contributed by atoms with Crippen molar-refractivity contribution in [2.24, 2.45) is 17.8 Å². The van der Waals surface area contributed by atoms with Gasteiger partial charge in [-0.1, -0.05) is 0 Å². The summed E-state index contributed by atoms with van der Waals surface area (Å²) in [6, 6.07) is 0. The van der Waals surface area contributed by atoms with Gasteiger partial charge in [0.1, 0.15) is 0 Å². The topological polar surface area (TPSA) is 24.1 Å². The maximum absolute atomic E-state index is 3.62. The first kappa shape index (κ1) is 10.4. The molecule has 0 atom stereocenters. The lowest BCUT2D eigenvalue weighted by molar-refractivity contribution is 0.378. The molecule has 2 N–H and O–H groups in total. The summed E-state index contributed by atoms with van der Waals surface area (Å²) in [6.45, 7) is 3.63. The van der Waals surface area contributed by atoms with Crippen molar-refractivity contribution in [1.29, 1.82) is 0 Å². The van der Waals surface area contributed by atoms with Gasteiger partial charge in [0, 0.05) is 0 Å². The predicted octanol–water partition coefficient (Wildman–Crippen LogP) is 1.62. The molecule has 0 unspecified atom stereocenters. The molecule has 82 valence electrons. The van der Waals surface area contributed by atoms with Crippen LogP contribution < -0.4 is 10.6 Å². The molecule has 2 heteroatoms. The third-order valence-corrected chi connectivity index (χ3v) is 3.62. The monoisotopic (exact) mass is 196 g/mol. The van der Waals surface area contributed by atoms with E-state index in [0.717, 1.165) is 24.3 Å². The summed E-state index contributed by atoms with van der Waals surface area (Å²) in [4.78, 5) is 0. The number of hydrogen-bond acceptors (Lipinski definition) is 2. The van der Waals surface area contributed by atoms with E-state index in [1.165, 1.54) is 45.2 Å². The fourth-order valence-electron chi connectivity index (χ4n) is 2.43. The van der Waals surface area contributed by atoms with E-state index in [1.54, 1.807) is 0 Å². The molecule has 0 saturated heterocycles. The summed E-state index contributed by atoms with van der Waals surface area (Å²) in [5, 5.41) is 6.81. The minimum Gasteiger partial charge on any atom is -0.320 e. The van der Waals surface area contributed by atoms with Crippen LogP contribution in [0.5, 0.6) is 0 Å². The van der Waals surface area contributed by atoms with Gasteiger partial charge in [0.15, 0.2) is 0 Å². The molecule has 2 aliphatic carbocycles. The van der Waals surface area contributed by atoms with Gasteiger partial charge >= 0.3 is 0 Å². The van der Waals surface area contributed by atoms with Crippen LogP contribution in [0.3, 0.4) is 0 Å². The Labute approximate surface area is 87.8 Å². The zero-order chi connectivity index (χ0) is 9.80. The first-order chi connectivity index (χ1) is 6.92. The van der Waals surface area contributed by atoms with Crippen molar-refractivity contribution in [3.05, 3.63) is 0 Å². The smallest absolute Gasteiger partial charge is 0.00152 e. The lowest BCUT2D eigenvalue weighted by atomic mass is 9.98. The average Bonchev–Trinajstić information content (AvgIpc) is 3.03. The molecule has 0 spiro atoms. The Morgan fingerprint density at radius 1 is 1.07 bits per heavy atom. The van der Waals surface area contributed by atoms with E-state index >= 15 is 0 Å². The van der Waals surface area contributed by atoms with E-state index in [1.807, 2.05) is 7.05 Å². The second-order valence-corrected chi connectivity index (χ2v) is 5.00. The van der Waals surface area contributed by atoms with E-state index in [2.05, 4.69) is 10.6 Å². The van der Waals surface area contributed by atoms with E-state index in [9.17, 15) is 0 Å². The Morgan fingerprint density at radius 3 is 2.21 bits per heavy atom. The lowest BCUT2D eigenvalue weighted by Gasteiger charge is -2.16. The van der Waals surface area contributed by atoms with Crippen LogP contribution in [0, 0.1) is 17.8 Å². The molecule has 0 bridgehead atoms. The molecule has 2 rings (SSSR count). The van der Waals surface area contributed by atoms with Crippen molar-refractivity contribution in [3.63, 3.8) is 0 Å². The van der Waals surface area contributed by atoms with Gasteiger partial charge in [-0.2, -0.15) is 0 Å². The third-order valence-electron chi connectivity index (χ3n) is 3.62. The second-order valence-electron chi connectivity index (χ2n) is 5.00. The molecule has 2 aliphatic rings. The highest BCUT2D eigenvalue weighted by molar-refractivity contribution is 4.92. The van der Waals surface area contributed by atoms with E-state index < -0.39 is 0 Å². The molecule has 0 aliphatic heterocycles. The molecule has 0 aromatic carbocycles. The van der Waals surface area contributed by atoms with E-state index in [0.29, 0.717) is 0 Å². The molecule has 2 fully saturated rings. The zero-order valence-corrected chi connectivity index (χ0v) is 9.39. The van der Waals surface area contributed by atoms with Gasteiger partial charge in [-0.3, -0.25) is 0 Å². The van der Waals surface area contributed by atoms with Crippen LogP contribution in [0.4, 0.5) is 0 Å². The molecule has 0 radical (unpaired) electrons. The van der Waals surface area contributed by atoms with Crippen LogP contribution >= 0.6 is 0 Å². The molecular formula is C12H24N2. The molecule has 2 saturated carbocycles. The highest BCUT2D eigenvalue weighted by Gasteiger charge is 2.40. The van der Waals surface area contributed by atoms with Gasteiger partial charge < -0.3 is 10.6 Å². The van der Waals surface area contributed by atoms with Gasteiger partial charge in [-0.25, -0.2) is 0 Å². The Morgan fingerprint density at radius 2 is 1.71 bits per heavy atom. The molecule has 14 heavy (non-hydrogen) atoms. The summed E-state index contributed by atoms with van der Waals surface area (Å²) < 4.78 is 0. The van der Waals surface area contributed by atoms with Crippen LogP contribution in [-0.4, -0.2) is 26.7 Å². The van der Waals surface area contributed by atoms with E-state index in [4.69, 9.17) is 0 Å². The maximum Gasteiger partial charge on any atom is -0.00152 e. The quantitative estimate of drug-likeness (QED) is 0.577. The largest absolute Gasteiger partial charge is 0.320 e. The molecule has 0 amide bonds. The predicted molar refractivity (Wildman–Crippen MR) is 60.4 cm³/mol. The number of nitrogens with one attached hydrogen (secondary N) is 2. The van der Waals surface area contributed by atoms with Gasteiger partial charge in [-0.05, 0) is 76.5 Å². The average molecular weight is 196 g/mol. The summed E-state index contributed by atoms with van der Waals surface area (Å²) in [5.74, 6) is 3.23. The minimum absolute atomic E-state index is 1.03. The number of hydrogen-bond donors (Lipinski definition) is 2. The van der Waals surface area contributed by atoms with Crippen molar-refractivity contribution >= 4 is 0 Å². The Kier molecular flexibility index (Phi) is 3.82. The first-order valence-corrected chi connectivity index (χ1v) is 6.27. The normalized spacial score (nSPS) is 21.9. The summed E-state index contributed by atoms with van der Waals surface area (Å²) >= 11 is 0. The highest BCUT2D eigenvalue weighted by Crippen LogP contribution is 2.48. The zero-order valence-electron chi connectivity index (χ0n) is 9.39. The minimum atomic E-state index is 1.03.